The van der Waals surface area contributed by atoms with Crippen LogP contribution in [0.1, 0.15) is 23.1 Å². The third-order valence-electron chi connectivity index (χ3n) is 5.45. The second-order valence-corrected chi connectivity index (χ2v) is 10.5. The molecule has 0 aliphatic carbocycles. The van der Waals surface area contributed by atoms with Gasteiger partial charge in [-0.25, -0.2) is 0 Å². The van der Waals surface area contributed by atoms with Crippen LogP contribution in [0.2, 0.25) is 0 Å². The number of methoxy groups -OCH3 is 1. The van der Waals surface area contributed by atoms with E-state index in [4.69, 9.17) is 9.47 Å². The molecule has 0 spiro atoms. The van der Waals surface area contributed by atoms with Crippen molar-refractivity contribution in [1.29, 1.82) is 0 Å². The first kappa shape index (κ1) is 26.7. The van der Waals surface area contributed by atoms with Gasteiger partial charge in [0.05, 0.1) is 16.9 Å². The fourth-order valence-corrected chi connectivity index (χ4v) is 5.22. The monoisotopic (exact) mass is 628 g/mol. The first-order chi connectivity index (χ1) is 17.9. The van der Waals surface area contributed by atoms with Gasteiger partial charge in [0.25, 0.3) is 0 Å². The Labute approximate surface area is 233 Å². The number of nitrogens with zero attached hydrogens (tertiary/aromatic N) is 2. The van der Waals surface area contributed by atoms with E-state index in [9.17, 15) is 9.59 Å². The Morgan fingerprint density at radius 1 is 1.16 bits per heavy atom. The molecule has 1 fully saturated rings. The van der Waals surface area contributed by atoms with Gasteiger partial charge in [-0.3, -0.25) is 9.59 Å². The van der Waals surface area contributed by atoms with Crippen molar-refractivity contribution >= 4 is 63.2 Å². The second kappa shape index (κ2) is 12.7. The average molecular weight is 628 g/mol. The Morgan fingerprint density at radius 2 is 1.92 bits per heavy atom. The van der Waals surface area contributed by atoms with Gasteiger partial charge in [0.1, 0.15) is 11.9 Å². The fourth-order valence-electron chi connectivity index (χ4n) is 3.51. The van der Waals surface area contributed by atoms with Crippen molar-refractivity contribution in [3.63, 3.8) is 0 Å². The molecule has 3 aromatic carbocycles. The highest BCUT2D eigenvalue weighted by atomic mass is 127. The molecule has 1 saturated heterocycles. The molecule has 1 heterocycles. The van der Waals surface area contributed by atoms with Crippen LogP contribution in [0.5, 0.6) is 11.5 Å². The van der Waals surface area contributed by atoms with Crippen molar-refractivity contribution in [2.45, 2.75) is 25.2 Å². The van der Waals surface area contributed by atoms with Gasteiger partial charge in [0, 0.05) is 12.1 Å². The molecule has 3 aromatic rings. The highest BCUT2D eigenvalue weighted by Crippen LogP contribution is 2.34. The van der Waals surface area contributed by atoms with Crippen LogP contribution in [0.25, 0.3) is 0 Å². The summed E-state index contributed by atoms with van der Waals surface area (Å²) >= 11 is 3.38. The van der Waals surface area contributed by atoms with Crippen LogP contribution in [-0.2, 0) is 16.2 Å². The molecule has 1 aliphatic rings. The van der Waals surface area contributed by atoms with E-state index in [0.717, 1.165) is 20.3 Å². The molecular formula is C27H25IN4O4S. The minimum absolute atomic E-state index is 0.0352. The maximum absolute atomic E-state index is 12.3. The number of nitrogens with one attached hydrogen (secondary N) is 2. The molecule has 0 aromatic heterocycles. The van der Waals surface area contributed by atoms with Gasteiger partial charge >= 0.3 is 0 Å². The van der Waals surface area contributed by atoms with Gasteiger partial charge < -0.3 is 20.1 Å². The molecule has 8 nitrogen and oxygen atoms in total. The number of benzene rings is 3. The number of carbonyl (C=O) groups is 2. The number of thioether (sulfide) groups is 1. The van der Waals surface area contributed by atoms with Crippen LogP contribution < -0.4 is 20.1 Å². The van der Waals surface area contributed by atoms with Crippen LogP contribution in [0.15, 0.2) is 76.9 Å². The molecule has 0 radical (unpaired) electrons. The van der Waals surface area contributed by atoms with E-state index in [0.29, 0.717) is 29.0 Å². The molecular weight excluding hydrogens is 603 g/mol. The number of ether oxygens (including phenoxy) is 2. The second-order valence-electron chi connectivity index (χ2n) is 8.11. The summed E-state index contributed by atoms with van der Waals surface area (Å²) in [4.78, 5) is 24.6. The van der Waals surface area contributed by atoms with E-state index in [1.807, 2.05) is 48.5 Å². The van der Waals surface area contributed by atoms with Gasteiger partial charge in [-0.15, -0.1) is 5.10 Å². The van der Waals surface area contributed by atoms with Crippen LogP contribution in [0.4, 0.5) is 5.69 Å². The summed E-state index contributed by atoms with van der Waals surface area (Å²) in [6.07, 6.45) is 1.61. The Hall–Kier alpha value is -3.38. The number of anilines is 1. The molecule has 37 heavy (non-hydrogen) atoms. The van der Waals surface area contributed by atoms with Gasteiger partial charge in [0.2, 0.25) is 11.8 Å². The van der Waals surface area contributed by atoms with Gasteiger partial charge in [-0.05, 0) is 70.5 Å². The lowest BCUT2D eigenvalue weighted by atomic mass is 10.1. The average Bonchev–Trinajstić information content (AvgIpc) is 3.23. The van der Waals surface area contributed by atoms with E-state index in [-0.39, 0.29) is 18.2 Å². The number of halogens is 1. The van der Waals surface area contributed by atoms with Crippen molar-refractivity contribution in [2.24, 2.45) is 10.2 Å². The Morgan fingerprint density at radius 3 is 2.68 bits per heavy atom. The van der Waals surface area contributed by atoms with E-state index in [2.05, 4.69) is 56.4 Å². The lowest BCUT2D eigenvalue weighted by molar-refractivity contribution is -0.122. The number of amidine groups is 1. The van der Waals surface area contributed by atoms with E-state index < -0.39 is 5.25 Å². The van der Waals surface area contributed by atoms with E-state index in [1.54, 1.807) is 25.5 Å². The van der Waals surface area contributed by atoms with Crippen LogP contribution in [-0.4, -0.2) is 35.6 Å². The Balaban J connectivity index is 1.37. The van der Waals surface area contributed by atoms with Crippen molar-refractivity contribution in [3.8, 4) is 11.5 Å². The third kappa shape index (κ3) is 7.32. The smallest absolute Gasteiger partial charge is 0.240 e. The maximum Gasteiger partial charge on any atom is 0.240 e. The van der Waals surface area contributed by atoms with Crippen molar-refractivity contribution in [1.82, 2.24) is 5.32 Å². The standard InChI is InChI=1S/C27H25IN4O4S/c1-17-8-6-7-9-19(17)16-36-25-21(28)12-18(13-22(25)35-2)15-29-32-27-31-26(34)23(37-27)14-24(33)30-20-10-4-3-5-11-20/h3-13,15,23H,14,16H2,1-2H3,(H,30,33)(H,31,32,34)/b29-15-/t23-/m1/s1. The maximum atomic E-state index is 12.3. The highest BCUT2D eigenvalue weighted by molar-refractivity contribution is 14.1. The summed E-state index contributed by atoms with van der Waals surface area (Å²) in [6.45, 7) is 2.48. The molecule has 0 unspecified atom stereocenters. The number of aryl methyl sites for hydroxylation is 1. The lowest BCUT2D eigenvalue weighted by Gasteiger charge is -2.14. The summed E-state index contributed by atoms with van der Waals surface area (Å²) in [5.74, 6) is 0.733. The minimum Gasteiger partial charge on any atom is -0.493 e. The van der Waals surface area contributed by atoms with Crippen LogP contribution in [0, 0.1) is 10.5 Å². The van der Waals surface area contributed by atoms with Crippen LogP contribution in [0.3, 0.4) is 0 Å². The molecule has 2 amide bonds. The first-order valence-corrected chi connectivity index (χ1v) is 13.4. The summed E-state index contributed by atoms with van der Waals surface area (Å²) in [7, 11) is 1.59. The topological polar surface area (TPSA) is 101 Å². The molecule has 190 valence electrons. The van der Waals surface area contributed by atoms with E-state index >= 15 is 0 Å². The number of amides is 2. The van der Waals surface area contributed by atoms with Gasteiger partial charge in [-0.2, -0.15) is 5.10 Å². The quantitative estimate of drug-likeness (QED) is 0.194. The number of hydrogen-bond acceptors (Lipinski definition) is 7. The number of hydrogen-bond donors (Lipinski definition) is 2. The Kier molecular flexibility index (Phi) is 9.18. The number of rotatable bonds is 9. The predicted octanol–water partition coefficient (Wildman–Crippen LogP) is 5.14. The predicted molar refractivity (Wildman–Crippen MR) is 155 cm³/mol. The molecule has 0 bridgehead atoms. The first-order valence-electron chi connectivity index (χ1n) is 11.4. The zero-order chi connectivity index (χ0) is 26.2. The van der Waals surface area contributed by atoms with Crippen molar-refractivity contribution < 1.29 is 19.1 Å². The number of para-hydroxylation sites is 1. The van der Waals surface area contributed by atoms with Crippen molar-refractivity contribution in [3.05, 3.63) is 87.0 Å². The van der Waals surface area contributed by atoms with Gasteiger partial charge in [-0.1, -0.05) is 54.2 Å². The molecule has 4 rings (SSSR count). The number of carbonyl (C=O) groups excluding carboxylic acids is 2. The summed E-state index contributed by atoms with van der Waals surface area (Å²) in [5, 5.41) is 13.5. The van der Waals surface area contributed by atoms with Gasteiger partial charge in [0.15, 0.2) is 16.7 Å². The highest BCUT2D eigenvalue weighted by Gasteiger charge is 2.32. The largest absolute Gasteiger partial charge is 0.493 e. The molecule has 10 heteroatoms. The molecule has 2 N–H and O–H groups in total. The van der Waals surface area contributed by atoms with Crippen molar-refractivity contribution in [2.75, 3.05) is 12.4 Å². The molecule has 1 aliphatic heterocycles. The summed E-state index contributed by atoms with van der Waals surface area (Å²) < 4.78 is 12.5. The third-order valence-corrected chi connectivity index (χ3v) is 7.32. The SMILES string of the molecule is COc1cc(/C=N\N=C2\NC(=O)[C@@H](CC(=O)Nc3ccccc3)S2)cc(I)c1OCc1ccccc1C. The zero-order valence-electron chi connectivity index (χ0n) is 20.2. The minimum atomic E-state index is -0.566. The molecule has 1 atom stereocenters. The van der Waals surface area contributed by atoms with Crippen LogP contribution >= 0.6 is 34.4 Å². The van der Waals surface area contributed by atoms with E-state index in [1.165, 1.54) is 11.8 Å². The summed E-state index contributed by atoms with van der Waals surface area (Å²) in [6, 6.07) is 20.9. The normalized spacial score (nSPS) is 16.1. The molecule has 0 saturated carbocycles. The summed E-state index contributed by atoms with van der Waals surface area (Å²) in [5.41, 5.74) is 3.72. The Bertz CT molecular complexity index is 1350. The zero-order valence-corrected chi connectivity index (χ0v) is 23.2. The lowest BCUT2D eigenvalue weighted by Crippen LogP contribution is -2.28. The fraction of sp³-hybridized carbons (Fsp3) is 0.185.